The highest BCUT2D eigenvalue weighted by Crippen LogP contribution is 2.26. The summed E-state index contributed by atoms with van der Waals surface area (Å²) in [6.07, 6.45) is -12.7. The lowest BCUT2D eigenvalue weighted by Gasteiger charge is -2.43. The van der Waals surface area contributed by atoms with Gasteiger partial charge in [-0.15, -0.1) is 0 Å². The summed E-state index contributed by atoms with van der Waals surface area (Å²) in [6, 6.07) is -2.60. The lowest BCUT2D eigenvalue weighted by molar-refractivity contribution is -0.292. The normalized spacial score (nSPS) is 42.9. The molecular formula is C16H27FN2O10. The summed E-state index contributed by atoms with van der Waals surface area (Å²) in [5, 5.41) is 54.1. The van der Waals surface area contributed by atoms with Crippen LogP contribution < -0.4 is 10.6 Å². The molecule has 2 saturated heterocycles. The molecule has 0 unspecified atom stereocenters. The third-order valence-electron chi connectivity index (χ3n) is 4.72. The molecular weight excluding hydrogens is 399 g/mol. The monoisotopic (exact) mass is 426 g/mol. The molecule has 12 nitrogen and oxygen atoms in total. The summed E-state index contributed by atoms with van der Waals surface area (Å²) < 4.78 is 29.9. The van der Waals surface area contributed by atoms with Gasteiger partial charge in [-0.3, -0.25) is 9.59 Å². The van der Waals surface area contributed by atoms with Crippen LogP contribution in [0.5, 0.6) is 0 Å². The second kappa shape index (κ2) is 10.0. The van der Waals surface area contributed by atoms with Crippen molar-refractivity contribution >= 4 is 11.8 Å². The second-order valence-electron chi connectivity index (χ2n) is 6.99. The highest BCUT2D eigenvalue weighted by Gasteiger charge is 2.48. The Morgan fingerprint density at radius 2 is 1.52 bits per heavy atom. The molecule has 2 aliphatic heterocycles. The number of ether oxygens (including phenoxy) is 3. The predicted octanol–water partition coefficient (Wildman–Crippen LogP) is -4.13. The molecule has 0 bridgehead atoms. The summed E-state index contributed by atoms with van der Waals surface area (Å²) in [7, 11) is 0. The molecule has 0 saturated carbocycles. The van der Waals surface area contributed by atoms with Crippen molar-refractivity contribution in [1.82, 2.24) is 10.6 Å². The first-order valence-corrected chi connectivity index (χ1v) is 9.00. The maximum atomic E-state index is 14.1. The molecule has 10 atom stereocenters. The summed E-state index contributed by atoms with van der Waals surface area (Å²) in [5.41, 5.74) is 0. The smallest absolute Gasteiger partial charge is 0.217 e. The van der Waals surface area contributed by atoms with E-state index in [9.17, 15) is 39.5 Å². The number of carbonyl (C=O) groups excluding carboxylic acids is 2. The number of hydrogen-bond donors (Lipinski definition) is 7. The maximum absolute atomic E-state index is 14.1. The van der Waals surface area contributed by atoms with Gasteiger partial charge in [-0.25, -0.2) is 4.39 Å². The van der Waals surface area contributed by atoms with Crippen LogP contribution in [0.3, 0.4) is 0 Å². The van der Waals surface area contributed by atoms with Gasteiger partial charge in [0, 0.05) is 13.8 Å². The van der Waals surface area contributed by atoms with Crippen LogP contribution in [0.4, 0.5) is 4.39 Å². The van der Waals surface area contributed by atoms with Gasteiger partial charge < -0.3 is 50.4 Å². The summed E-state index contributed by atoms with van der Waals surface area (Å²) >= 11 is 0. The summed E-state index contributed by atoms with van der Waals surface area (Å²) in [4.78, 5) is 22.5. The summed E-state index contributed by atoms with van der Waals surface area (Å²) in [6.45, 7) is 1.04. The van der Waals surface area contributed by atoms with Gasteiger partial charge >= 0.3 is 0 Å². The Hall–Kier alpha value is -1.45. The van der Waals surface area contributed by atoms with Gasteiger partial charge in [0.25, 0.3) is 0 Å². The van der Waals surface area contributed by atoms with Crippen molar-refractivity contribution in [2.24, 2.45) is 0 Å². The molecule has 0 spiro atoms. The molecule has 0 aromatic rings. The highest BCUT2D eigenvalue weighted by molar-refractivity contribution is 5.73. The highest BCUT2D eigenvalue weighted by atomic mass is 19.1. The first-order chi connectivity index (χ1) is 13.6. The molecule has 0 aliphatic carbocycles. The molecule has 7 N–H and O–H groups in total. The molecule has 29 heavy (non-hydrogen) atoms. The van der Waals surface area contributed by atoms with Crippen LogP contribution in [0, 0.1) is 0 Å². The lowest BCUT2D eigenvalue weighted by atomic mass is 9.96. The first kappa shape index (κ1) is 23.8. The molecule has 0 aromatic heterocycles. The first-order valence-electron chi connectivity index (χ1n) is 9.00. The molecule has 2 amide bonds. The Labute approximate surface area is 165 Å². The number of rotatable bonds is 6. The van der Waals surface area contributed by atoms with Crippen molar-refractivity contribution < 1.29 is 53.7 Å². The van der Waals surface area contributed by atoms with E-state index in [-0.39, 0.29) is 0 Å². The maximum Gasteiger partial charge on any atom is 0.217 e. The fraction of sp³-hybridized carbons (Fsp3) is 0.875. The van der Waals surface area contributed by atoms with Gasteiger partial charge in [-0.2, -0.15) is 0 Å². The van der Waals surface area contributed by atoms with E-state index in [2.05, 4.69) is 10.6 Å². The van der Waals surface area contributed by atoms with Crippen molar-refractivity contribution in [2.45, 2.75) is 75.2 Å². The number of aliphatic hydroxyl groups is 5. The number of nitrogens with one attached hydrogen (secondary N) is 2. The average molecular weight is 426 g/mol. The van der Waals surface area contributed by atoms with Crippen molar-refractivity contribution in [3.8, 4) is 0 Å². The number of hydrogen-bond acceptors (Lipinski definition) is 10. The molecule has 168 valence electrons. The van der Waals surface area contributed by atoms with E-state index < -0.39 is 86.4 Å². The van der Waals surface area contributed by atoms with E-state index >= 15 is 0 Å². The standard InChI is InChI=1S/C16H27FN2O10/c1-5(21)18-10-14(25)12(23)8(28-15(10)26)4-27-16-11(19-6(2)22)13(24)9(17)7(3-20)29-16/h7-16,20,23-26H,3-4H2,1-2H3,(H,18,21)(H,19,22)/t7-,8-,9-,10-,11-,12-,13+,14-,15+,16-/m1/s1. The Balaban J connectivity index is 2.05. The molecule has 0 aromatic carbocycles. The minimum Gasteiger partial charge on any atom is -0.394 e. The van der Waals surface area contributed by atoms with Crippen LogP contribution in [0.15, 0.2) is 0 Å². The Morgan fingerprint density at radius 1 is 0.931 bits per heavy atom. The van der Waals surface area contributed by atoms with Crippen LogP contribution in [-0.4, -0.2) is 112 Å². The van der Waals surface area contributed by atoms with Crippen molar-refractivity contribution in [3.63, 3.8) is 0 Å². The van der Waals surface area contributed by atoms with Gasteiger partial charge in [0.15, 0.2) is 18.8 Å². The number of halogens is 1. The van der Waals surface area contributed by atoms with Crippen LogP contribution in [0.25, 0.3) is 0 Å². The molecule has 2 aliphatic rings. The number of amides is 2. The molecule has 13 heteroatoms. The van der Waals surface area contributed by atoms with Crippen LogP contribution in [0.2, 0.25) is 0 Å². The molecule has 2 heterocycles. The van der Waals surface area contributed by atoms with E-state index in [1.54, 1.807) is 0 Å². The SMILES string of the molecule is CC(=O)N[C@@H]1[C@@H](O)[C@H](O)[C@@H](CO[C@@H]2O[C@H](CO)[C@@H](F)[C@H](O)[C@H]2NC(C)=O)O[C@@H]1O. The molecule has 2 rings (SSSR count). The lowest BCUT2D eigenvalue weighted by Crippen LogP contribution is -2.65. The second-order valence-corrected chi connectivity index (χ2v) is 6.99. The number of aliphatic hydroxyl groups excluding tert-OH is 5. The molecule has 2 fully saturated rings. The van der Waals surface area contributed by atoms with E-state index in [1.165, 1.54) is 0 Å². The van der Waals surface area contributed by atoms with Crippen molar-refractivity contribution in [3.05, 3.63) is 0 Å². The topological polar surface area (TPSA) is 187 Å². The predicted molar refractivity (Wildman–Crippen MR) is 90.7 cm³/mol. The zero-order valence-corrected chi connectivity index (χ0v) is 15.8. The zero-order chi connectivity index (χ0) is 21.9. The van der Waals surface area contributed by atoms with Crippen molar-refractivity contribution in [2.75, 3.05) is 13.2 Å². The fourth-order valence-electron chi connectivity index (χ4n) is 3.25. The summed E-state index contributed by atoms with van der Waals surface area (Å²) in [5.74, 6) is -1.16. The van der Waals surface area contributed by atoms with Crippen LogP contribution in [-0.2, 0) is 23.8 Å². The average Bonchev–Trinajstić information content (AvgIpc) is 2.65. The van der Waals surface area contributed by atoms with Gasteiger partial charge in [-0.05, 0) is 0 Å². The fourth-order valence-corrected chi connectivity index (χ4v) is 3.25. The molecule has 0 radical (unpaired) electrons. The quantitative estimate of drug-likeness (QED) is 0.220. The Bertz CT molecular complexity index is 584. The minimum atomic E-state index is -1.99. The third-order valence-corrected chi connectivity index (χ3v) is 4.72. The van der Waals surface area contributed by atoms with E-state index in [0.29, 0.717) is 0 Å². The van der Waals surface area contributed by atoms with Gasteiger partial charge in [0.05, 0.1) is 13.2 Å². The van der Waals surface area contributed by atoms with E-state index in [4.69, 9.17) is 14.2 Å². The van der Waals surface area contributed by atoms with E-state index in [0.717, 1.165) is 13.8 Å². The largest absolute Gasteiger partial charge is 0.394 e. The number of alkyl halides is 1. The van der Waals surface area contributed by atoms with Gasteiger partial charge in [-0.1, -0.05) is 0 Å². The van der Waals surface area contributed by atoms with Gasteiger partial charge in [0.2, 0.25) is 11.8 Å². The minimum absolute atomic E-state index is 0.495. The van der Waals surface area contributed by atoms with Gasteiger partial charge in [0.1, 0.15) is 42.6 Å². The Kier molecular flexibility index (Phi) is 8.25. The van der Waals surface area contributed by atoms with E-state index in [1.807, 2.05) is 0 Å². The zero-order valence-electron chi connectivity index (χ0n) is 15.8. The third kappa shape index (κ3) is 5.58. The Morgan fingerprint density at radius 3 is 2.07 bits per heavy atom. The number of carbonyl (C=O) groups is 2. The van der Waals surface area contributed by atoms with Crippen LogP contribution >= 0.6 is 0 Å². The van der Waals surface area contributed by atoms with Crippen LogP contribution in [0.1, 0.15) is 13.8 Å². The van der Waals surface area contributed by atoms with Crippen molar-refractivity contribution in [1.29, 1.82) is 0 Å².